The smallest absolute Gasteiger partial charge is 0.0632 e. The van der Waals surface area contributed by atoms with Crippen molar-refractivity contribution in [1.29, 1.82) is 5.26 Å². The Hall–Kier alpha value is -0.590. The van der Waals surface area contributed by atoms with Gasteiger partial charge in [-0.05, 0) is 52.1 Å². The number of unbranched alkanes of at least 4 members (excludes halogenated alkanes) is 2. The lowest BCUT2D eigenvalue weighted by Gasteiger charge is -2.22. The van der Waals surface area contributed by atoms with E-state index in [1.165, 1.54) is 0 Å². The predicted molar refractivity (Wildman–Crippen MR) is 60.4 cm³/mol. The quantitative estimate of drug-likeness (QED) is 0.721. The zero-order chi connectivity index (χ0) is 11.1. The first kappa shape index (κ1) is 12.5. The van der Waals surface area contributed by atoms with Gasteiger partial charge in [-0.25, -0.2) is 0 Å². The normalized spacial score (nSPS) is 28.3. The fourth-order valence-electron chi connectivity index (χ4n) is 2.08. The topological polar surface area (TPSA) is 47.3 Å². The van der Waals surface area contributed by atoms with Crippen LogP contribution in [0.3, 0.4) is 0 Å². The lowest BCUT2D eigenvalue weighted by molar-refractivity contribution is 0.0446. The van der Waals surface area contributed by atoms with Crippen LogP contribution in [0.4, 0.5) is 0 Å². The van der Waals surface area contributed by atoms with Crippen molar-refractivity contribution >= 4 is 0 Å². The Morgan fingerprint density at radius 3 is 2.87 bits per heavy atom. The Kier molecular flexibility index (Phi) is 5.07. The van der Waals surface area contributed by atoms with E-state index in [9.17, 15) is 5.11 Å². The molecule has 1 heterocycles. The van der Waals surface area contributed by atoms with Gasteiger partial charge in [0.15, 0.2) is 0 Å². The highest BCUT2D eigenvalue weighted by molar-refractivity contribution is 4.79. The van der Waals surface area contributed by atoms with Gasteiger partial charge in [-0.1, -0.05) is 0 Å². The first-order chi connectivity index (χ1) is 7.14. The van der Waals surface area contributed by atoms with Crippen LogP contribution in [0.15, 0.2) is 0 Å². The standard InChI is InChI=1S/C12H22N2O/c1-12(15)6-5-10-14(11-7-12)9-4-2-3-8-13/h15H,2-7,9-11H2,1H3. The third-order valence-electron chi connectivity index (χ3n) is 3.17. The summed E-state index contributed by atoms with van der Waals surface area (Å²) >= 11 is 0. The molecular formula is C12H22N2O. The molecule has 1 fully saturated rings. The molecule has 1 N–H and O–H groups in total. The maximum absolute atomic E-state index is 9.91. The molecule has 0 radical (unpaired) electrons. The fourth-order valence-corrected chi connectivity index (χ4v) is 2.08. The van der Waals surface area contributed by atoms with Gasteiger partial charge in [0.1, 0.15) is 0 Å². The van der Waals surface area contributed by atoms with E-state index in [4.69, 9.17) is 5.26 Å². The van der Waals surface area contributed by atoms with Crippen LogP contribution < -0.4 is 0 Å². The third kappa shape index (κ3) is 5.15. The highest BCUT2D eigenvalue weighted by atomic mass is 16.3. The van der Waals surface area contributed by atoms with Gasteiger partial charge in [-0.15, -0.1) is 0 Å². The minimum absolute atomic E-state index is 0.457. The van der Waals surface area contributed by atoms with Gasteiger partial charge in [-0.2, -0.15) is 5.26 Å². The molecule has 0 bridgehead atoms. The van der Waals surface area contributed by atoms with Gasteiger partial charge in [0.05, 0.1) is 11.7 Å². The van der Waals surface area contributed by atoms with Crippen LogP contribution in [-0.4, -0.2) is 35.2 Å². The minimum Gasteiger partial charge on any atom is -0.390 e. The van der Waals surface area contributed by atoms with Crippen molar-refractivity contribution in [1.82, 2.24) is 4.90 Å². The number of hydrogen-bond acceptors (Lipinski definition) is 3. The molecule has 3 nitrogen and oxygen atoms in total. The molecule has 0 amide bonds. The second-order valence-corrected chi connectivity index (χ2v) is 4.81. The predicted octanol–water partition coefficient (Wildman–Crippen LogP) is 1.92. The summed E-state index contributed by atoms with van der Waals surface area (Å²) in [6.45, 7) is 5.12. The highest BCUT2D eigenvalue weighted by Gasteiger charge is 2.24. The van der Waals surface area contributed by atoms with Crippen LogP contribution in [0.5, 0.6) is 0 Å². The minimum atomic E-state index is -0.457. The summed E-state index contributed by atoms with van der Waals surface area (Å²) in [6, 6.07) is 2.17. The molecule has 1 aliphatic heterocycles. The summed E-state index contributed by atoms with van der Waals surface area (Å²) in [6.07, 6.45) is 5.67. The molecular weight excluding hydrogens is 188 g/mol. The van der Waals surface area contributed by atoms with E-state index in [0.29, 0.717) is 6.42 Å². The van der Waals surface area contributed by atoms with Crippen LogP contribution in [0.2, 0.25) is 0 Å². The maximum atomic E-state index is 9.91. The Morgan fingerprint density at radius 1 is 1.33 bits per heavy atom. The molecule has 3 heteroatoms. The van der Waals surface area contributed by atoms with Crippen molar-refractivity contribution in [3.8, 4) is 6.07 Å². The Bertz CT molecular complexity index is 220. The van der Waals surface area contributed by atoms with E-state index < -0.39 is 5.60 Å². The summed E-state index contributed by atoms with van der Waals surface area (Å²) in [5, 5.41) is 18.3. The molecule has 1 atom stereocenters. The lowest BCUT2D eigenvalue weighted by atomic mass is 9.98. The molecule has 1 saturated heterocycles. The number of hydrogen-bond donors (Lipinski definition) is 1. The number of likely N-dealkylation sites (tertiary alicyclic amines) is 1. The molecule has 15 heavy (non-hydrogen) atoms. The molecule has 0 aromatic rings. The third-order valence-corrected chi connectivity index (χ3v) is 3.17. The first-order valence-electron chi connectivity index (χ1n) is 5.96. The number of nitrogens with zero attached hydrogens (tertiary/aromatic N) is 2. The average Bonchev–Trinajstić information content (AvgIpc) is 2.35. The molecule has 86 valence electrons. The Labute approximate surface area is 92.7 Å². The van der Waals surface area contributed by atoms with Gasteiger partial charge in [0.25, 0.3) is 0 Å². The van der Waals surface area contributed by atoms with Crippen LogP contribution in [-0.2, 0) is 0 Å². The van der Waals surface area contributed by atoms with Crippen molar-refractivity contribution < 1.29 is 5.11 Å². The largest absolute Gasteiger partial charge is 0.390 e. The number of aliphatic hydroxyl groups is 1. The van der Waals surface area contributed by atoms with Crippen LogP contribution in [0.1, 0.15) is 45.4 Å². The summed E-state index contributed by atoms with van der Waals surface area (Å²) in [4.78, 5) is 2.42. The van der Waals surface area contributed by atoms with E-state index in [2.05, 4.69) is 11.0 Å². The monoisotopic (exact) mass is 210 g/mol. The summed E-state index contributed by atoms with van der Waals surface area (Å²) in [5.74, 6) is 0. The molecule has 0 aromatic carbocycles. The molecule has 1 aliphatic rings. The molecule has 0 aromatic heterocycles. The molecule has 1 unspecified atom stereocenters. The van der Waals surface area contributed by atoms with Crippen LogP contribution in [0.25, 0.3) is 0 Å². The van der Waals surface area contributed by atoms with Gasteiger partial charge >= 0.3 is 0 Å². The Morgan fingerprint density at radius 2 is 2.13 bits per heavy atom. The maximum Gasteiger partial charge on any atom is 0.0632 e. The average molecular weight is 210 g/mol. The SMILES string of the molecule is CC1(O)CCCN(CCCCC#N)CC1. The van der Waals surface area contributed by atoms with Crippen molar-refractivity contribution in [3.63, 3.8) is 0 Å². The van der Waals surface area contributed by atoms with Crippen molar-refractivity contribution in [2.24, 2.45) is 0 Å². The van der Waals surface area contributed by atoms with E-state index in [1.54, 1.807) is 0 Å². The summed E-state index contributed by atoms with van der Waals surface area (Å²) < 4.78 is 0. The van der Waals surface area contributed by atoms with Gasteiger partial charge in [-0.3, -0.25) is 0 Å². The van der Waals surface area contributed by atoms with Crippen molar-refractivity contribution in [2.75, 3.05) is 19.6 Å². The lowest BCUT2D eigenvalue weighted by Crippen LogP contribution is -2.29. The zero-order valence-electron chi connectivity index (χ0n) is 9.71. The molecule has 0 aliphatic carbocycles. The Balaban J connectivity index is 2.18. The van der Waals surface area contributed by atoms with Gasteiger partial charge < -0.3 is 10.0 Å². The van der Waals surface area contributed by atoms with Gasteiger partial charge in [0, 0.05) is 13.0 Å². The number of rotatable bonds is 4. The second-order valence-electron chi connectivity index (χ2n) is 4.81. The molecule has 0 spiro atoms. The van der Waals surface area contributed by atoms with Crippen molar-refractivity contribution in [2.45, 2.75) is 51.0 Å². The zero-order valence-corrected chi connectivity index (χ0v) is 9.71. The summed E-state index contributed by atoms with van der Waals surface area (Å²) in [7, 11) is 0. The van der Waals surface area contributed by atoms with Gasteiger partial charge in [0.2, 0.25) is 0 Å². The van der Waals surface area contributed by atoms with E-state index in [1.807, 2.05) is 6.92 Å². The van der Waals surface area contributed by atoms with Crippen LogP contribution in [0, 0.1) is 11.3 Å². The first-order valence-corrected chi connectivity index (χ1v) is 5.96. The van der Waals surface area contributed by atoms with E-state index in [0.717, 1.165) is 51.7 Å². The van der Waals surface area contributed by atoms with Crippen molar-refractivity contribution in [3.05, 3.63) is 0 Å². The molecule has 0 saturated carbocycles. The highest BCUT2D eigenvalue weighted by Crippen LogP contribution is 2.21. The summed E-state index contributed by atoms with van der Waals surface area (Å²) in [5.41, 5.74) is -0.457. The van der Waals surface area contributed by atoms with E-state index in [-0.39, 0.29) is 0 Å². The van der Waals surface area contributed by atoms with Crippen LogP contribution >= 0.6 is 0 Å². The molecule has 1 rings (SSSR count). The fraction of sp³-hybridized carbons (Fsp3) is 0.917. The van der Waals surface area contributed by atoms with E-state index >= 15 is 0 Å². The number of nitriles is 1. The second kappa shape index (κ2) is 6.09.